The number of benzene rings is 1. The summed E-state index contributed by atoms with van der Waals surface area (Å²) in [6, 6.07) is 4.06. The van der Waals surface area contributed by atoms with Crippen LogP contribution in [0, 0.1) is 6.92 Å². The molecule has 0 aliphatic heterocycles. The van der Waals surface area contributed by atoms with E-state index in [0.29, 0.717) is 5.75 Å². The molecule has 0 aliphatic rings. The van der Waals surface area contributed by atoms with Crippen molar-refractivity contribution in [2.24, 2.45) is 0 Å². The van der Waals surface area contributed by atoms with Crippen LogP contribution in [0.1, 0.15) is 36.5 Å². The molecule has 0 atom stereocenters. The molecule has 0 spiro atoms. The van der Waals surface area contributed by atoms with Gasteiger partial charge in [0.1, 0.15) is 5.75 Å². The molecule has 0 aromatic heterocycles. The van der Waals surface area contributed by atoms with E-state index in [4.69, 9.17) is 0 Å². The SMILES string of the molecule is CCCCc1cc(CS)cc(C)c1O. The molecule has 0 saturated heterocycles. The maximum absolute atomic E-state index is 9.82. The summed E-state index contributed by atoms with van der Waals surface area (Å²) in [5, 5.41) is 9.82. The highest BCUT2D eigenvalue weighted by Crippen LogP contribution is 2.26. The summed E-state index contributed by atoms with van der Waals surface area (Å²) in [5.74, 6) is 1.20. The first-order valence-corrected chi connectivity index (χ1v) is 5.74. The van der Waals surface area contributed by atoms with E-state index in [1.165, 1.54) is 5.56 Å². The van der Waals surface area contributed by atoms with Gasteiger partial charge in [0.05, 0.1) is 0 Å². The average Bonchev–Trinajstić information content (AvgIpc) is 2.20. The lowest BCUT2D eigenvalue weighted by atomic mass is 10.0. The van der Waals surface area contributed by atoms with Crippen LogP contribution in [-0.2, 0) is 12.2 Å². The monoisotopic (exact) mass is 210 g/mol. The molecule has 0 saturated carbocycles. The number of rotatable bonds is 4. The number of aryl methyl sites for hydroxylation is 2. The minimum Gasteiger partial charge on any atom is -0.507 e. The molecule has 0 heterocycles. The second-order valence-electron chi connectivity index (χ2n) is 3.68. The van der Waals surface area contributed by atoms with Crippen molar-refractivity contribution in [2.45, 2.75) is 38.9 Å². The predicted molar refractivity (Wildman–Crippen MR) is 64.1 cm³/mol. The molecular weight excluding hydrogens is 192 g/mol. The maximum atomic E-state index is 9.82. The van der Waals surface area contributed by atoms with E-state index in [0.717, 1.165) is 36.1 Å². The Balaban J connectivity index is 2.95. The Morgan fingerprint density at radius 1 is 1.36 bits per heavy atom. The molecule has 0 bridgehead atoms. The molecule has 0 aliphatic carbocycles. The fourth-order valence-corrected chi connectivity index (χ4v) is 1.77. The van der Waals surface area contributed by atoms with Crippen LogP contribution >= 0.6 is 12.6 Å². The van der Waals surface area contributed by atoms with E-state index in [1.807, 2.05) is 13.0 Å². The van der Waals surface area contributed by atoms with Crippen LogP contribution in [0.4, 0.5) is 0 Å². The van der Waals surface area contributed by atoms with Crippen LogP contribution in [0.5, 0.6) is 5.75 Å². The lowest BCUT2D eigenvalue weighted by Gasteiger charge is -2.09. The van der Waals surface area contributed by atoms with Gasteiger partial charge in [0.15, 0.2) is 0 Å². The van der Waals surface area contributed by atoms with Gasteiger partial charge in [0, 0.05) is 5.75 Å². The van der Waals surface area contributed by atoms with Gasteiger partial charge in [-0.1, -0.05) is 25.5 Å². The largest absolute Gasteiger partial charge is 0.507 e. The molecule has 2 heteroatoms. The first-order chi connectivity index (χ1) is 6.69. The Kier molecular flexibility index (Phi) is 4.33. The average molecular weight is 210 g/mol. The molecule has 0 radical (unpaired) electrons. The summed E-state index contributed by atoms with van der Waals surface area (Å²) < 4.78 is 0. The van der Waals surface area contributed by atoms with Gasteiger partial charge in [0.25, 0.3) is 0 Å². The Hall–Kier alpha value is -0.630. The standard InChI is InChI=1S/C12H18OS/c1-3-4-5-11-7-10(8-14)6-9(2)12(11)13/h6-7,13-14H,3-5,8H2,1-2H3. The van der Waals surface area contributed by atoms with Gasteiger partial charge in [-0.05, 0) is 36.5 Å². The fourth-order valence-electron chi connectivity index (χ4n) is 1.58. The third-order valence-electron chi connectivity index (χ3n) is 2.42. The zero-order valence-corrected chi connectivity index (χ0v) is 9.77. The van der Waals surface area contributed by atoms with Crippen molar-refractivity contribution in [1.82, 2.24) is 0 Å². The van der Waals surface area contributed by atoms with Gasteiger partial charge in [-0.15, -0.1) is 0 Å². The van der Waals surface area contributed by atoms with Crippen LogP contribution in [0.25, 0.3) is 0 Å². The van der Waals surface area contributed by atoms with Gasteiger partial charge in [-0.25, -0.2) is 0 Å². The lowest BCUT2D eigenvalue weighted by Crippen LogP contribution is -1.91. The normalized spacial score (nSPS) is 10.5. The van der Waals surface area contributed by atoms with Crippen molar-refractivity contribution < 1.29 is 5.11 Å². The molecule has 1 aromatic rings. The first-order valence-electron chi connectivity index (χ1n) is 5.11. The van der Waals surface area contributed by atoms with Crippen molar-refractivity contribution in [3.05, 3.63) is 28.8 Å². The Labute approximate surface area is 91.6 Å². The van der Waals surface area contributed by atoms with E-state index >= 15 is 0 Å². The number of hydrogen-bond donors (Lipinski definition) is 2. The first kappa shape index (κ1) is 11.4. The highest BCUT2D eigenvalue weighted by molar-refractivity contribution is 7.79. The highest BCUT2D eigenvalue weighted by Gasteiger charge is 2.05. The number of thiol groups is 1. The summed E-state index contributed by atoms with van der Waals surface area (Å²) in [7, 11) is 0. The van der Waals surface area contributed by atoms with Crippen LogP contribution in [0.2, 0.25) is 0 Å². The van der Waals surface area contributed by atoms with E-state index in [2.05, 4.69) is 25.6 Å². The predicted octanol–water partition coefficient (Wildman–Crippen LogP) is 3.47. The quantitative estimate of drug-likeness (QED) is 0.729. The van der Waals surface area contributed by atoms with Crippen molar-refractivity contribution in [3.63, 3.8) is 0 Å². The molecule has 78 valence electrons. The zero-order valence-electron chi connectivity index (χ0n) is 8.88. The molecule has 1 N–H and O–H groups in total. The molecule has 14 heavy (non-hydrogen) atoms. The van der Waals surface area contributed by atoms with Gasteiger partial charge in [0.2, 0.25) is 0 Å². The van der Waals surface area contributed by atoms with Gasteiger partial charge in [-0.3, -0.25) is 0 Å². The lowest BCUT2D eigenvalue weighted by molar-refractivity contribution is 0.462. The number of phenolic OH excluding ortho intramolecular Hbond substituents is 1. The van der Waals surface area contributed by atoms with Crippen LogP contribution in [0.3, 0.4) is 0 Å². The second kappa shape index (κ2) is 5.30. The minimum atomic E-state index is 0.462. The van der Waals surface area contributed by atoms with Crippen molar-refractivity contribution in [1.29, 1.82) is 0 Å². The molecule has 1 nitrogen and oxygen atoms in total. The molecular formula is C12H18OS. The van der Waals surface area contributed by atoms with Gasteiger partial charge < -0.3 is 5.11 Å². The third kappa shape index (κ3) is 2.68. The highest BCUT2D eigenvalue weighted by atomic mass is 32.1. The van der Waals surface area contributed by atoms with Crippen molar-refractivity contribution >= 4 is 12.6 Å². The number of hydrogen-bond acceptors (Lipinski definition) is 2. The van der Waals surface area contributed by atoms with E-state index in [9.17, 15) is 5.11 Å². The fraction of sp³-hybridized carbons (Fsp3) is 0.500. The summed E-state index contributed by atoms with van der Waals surface area (Å²) in [5.41, 5.74) is 3.22. The number of aromatic hydroxyl groups is 1. The summed E-state index contributed by atoms with van der Waals surface area (Å²) in [4.78, 5) is 0. The van der Waals surface area contributed by atoms with E-state index < -0.39 is 0 Å². The molecule has 1 aromatic carbocycles. The third-order valence-corrected chi connectivity index (χ3v) is 2.79. The zero-order chi connectivity index (χ0) is 10.6. The van der Waals surface area contributed by atoms with E-state index in [1.54, 1.807) is 0 Å². The topological polar surface area (TPSA) is 20.2 Å². The minimum absolute atomic E-state index is 0.462. The summed E-state index contributed by atoms with van der Waals surface area (Å²) in [6.07, 6.45) is 3.25. The molecule has 0 unspecified atom stereocenters. The van der Waals surface area contributed by atoms with Gasteiger partial charge >= 0.3 is 0 Å². The molecule has 0 fully saturated rings. The van der Waals surface area contributed by atoms with Crippen LogP contribution < -0.4 is 0 Å². The van der Waals surface area contributed by atoms with Gasteiger partial charge in [-0.2, -0.15) is 12.6 Å². The van der Waals surface area contributed by atoms with Crippen LogP contribution in [0.15, 0.2) is 12.1 Å². The number of phenols is 1. The maximum Gasteiger partial charge on any atom is 0.121 e. The summed E-state index contributed by atoms with van der Waals surface area (Å²) >= 11 is 4.25. The second-order valence-corrected chi connectivity index (χ2v) is 4.00. The summed E-state index contributed by atoms with van der Waals surface area (Å²) in [6.45, 7) is 4.10. The number of unbranched alkanes of at least 4 members (excludes halogenated alkanes) is 1. The Morgan fingerprint density at radius 3 is 2.64 bits per heavy atom. The molecule has 0 amide bonds. The Morgan fingerprint density at radius 2 is 2.07 bits per heavy atom. The van der Waals surface area contributed by atoms with Crippen LogP contribution in [-0.4, -0.2) is 5.11 Å². The van der Waals surface area contributed by atoms with Crippen molar-refractivity contribution in [2.75, 3.05) is 0 Å². The van der Waals surface area contributed by atoms with Crippen molar-refractivity contribution in [3.8, 4) is 5.75 Å². The smallest absolute Gasteiger partial charge is 0.121 e. The Bertz CT molecular complexity index is 307. The van der Waals surface area contributed by atoms with E-state index in [-0.39, 0.29) is 0 Å². The molecule has 1 rings (SSSR count).